The molecular weight excluding hydrogens is 236 g/mol. The Morgan fingerprint density at radius 2 is 2.05 bits per heavy atom. The van der Waals surface area contributed by atoms with Gasteiger partial charge in [-0.1, -0.05) is 30.3 Å². The van der Waals surface area contributed by atoms with Gasteiger partial charge in [0.05, 0.1) is 12.1 Å². The summed E-state index contributed by atoms with van der Waals surface area (Å²) in [5.41, 5.74) is 4.49. The minimum atomic E-state index is 0.300. The Balaban J connectivity index is 1.67. The summed E-state index contributed by atoms with van der Waals surface area (Å²) in [6.07, 6.45) is 4.13. The van der Waals surface area contributed by atoms with Gasteiger partial charge in [-0.15, -0.1) is 0 Å². The van der Waals surface area contributed by atoms with E-state index in [1.807, 2.05) is 0 Å². The smallest absolute Gasteiger partial charge is 0.0772 e. The average Bonchev–Trinajstić information content (AvgIpc) is 3.33. The molecule has 3 N–H and O–H groups in total. The number of hydrogen-bond acceptors (Lipinski definition) is 3. The molecule has 104 valence electrons. The maximum Gasteiger partial charge on any atom is 0.0772 e. The fraction of sp³-hybridized carbons (Fsp3) is 0.625. The predicted octanol–water partition coefficient (Wildman–Crippen LogP) is 2.44. The lowest BCUT2D eigenvalue weighted by atomic mass is 9.98. The molecule has 3 nitrogen and oxygen atoms in total. The highest BCUT2D eigenvalue weighted by Gasteiger charge is 2.49. The lowest BCUT2D eigenvalue weighted by Crippen LogP contribution is -2.48. The van der Waals surface area contributed by atoms with Gasteiger partial charge < -0.3 is 4.74 Å². The van der Waals surface area contributed by atoms with Gasteiger partial charge in [-0.05, 0) is 49.5 Å². The van der Waals surface area contributed by atoms with Crippen LogP contribution in [-0.4, -0.2) is 18.8 Å². The Morgan fingerprint density at radius 1 is 1.32 bits per heavy atom. The second kappa shape index (κ2) is 5.61. The van der Waals surface area contributed by atoms with Gasteiger partial charge >= 0.3 is 0 Å². The van der Waals surface area contributed by atoms with Crippen LogP contribution in [0.2, 0.25) is 0 Å². The number of ether oxygens (including phenoxy) is 1. The van der Waals surface area contributed by atoms with Crippen LogP contribution in [0, 0.1) is 11.8 Å². The molecule has 4 unspecified atom stereocenters. The molecule has 2 fully saturated rings. The van der Waals surface area contributed by atoms with E-state index in [-0.39, 0.29) is 0 Å². The van der Waals surface area contributed by atoms with E-state index < -0.39 is 0 Å². The Bertz CT molecular complexity index is 404. The molecule has 0 saturated heterocycles. The van der Waals surface area contributed by atoms with Crippen LogP contribution in [0.4, 0.5) is 0 Å². The molecule has 0 heterocycles. The van der Waals surface area contributed by atoms with Crippen LogP contribution in [0.15, 0.2) is 30.3 Å². The highest BCUT2D eigenvalue weighted by atomic mass is 16.5. The quantitative estimate of drug-likeness (QED) is 0.585. The van der Waals surface area contributed by atoms with Gasteiger partial charge in [0.1, 0.15) is 0 Å². The molecule has 1 aromatic rings. The average molecular weight is 260 g/mol. The lowest BCUT2D eigenvalue weighted by Gasteiger charge is -2.27. The standard InChI is InChI=1S/C16H24N2O/c1-2-19-16(12-8-9-12)15(18-17)14-10-13(14)11-6-4-3-5-7-11/h3-7,12-16,18H,2,8-10,17H2,1H3. The van der Waals surface area contributed by atoms with Crippen molar-refractivity contribution < 1.29 is 4.74 Å². The fourth-order valence-corrected chi connectivity index (χ4v) is 3.31. The molecule has 1 aromatic carbocycles. The van der Waals surface area contributed by atoms with Gasteiger partial charge in [-0.25, -0.2) is 0 Å². The molecule has 2 aliphatic carbocycles. The first kappa shape index (κ1) is 13.1. The zero-order valence-corrected chi connectivity index (χ0v) is 11.6. The summed E-state index contributed by atoms with van der Waals surface area (Å²) in [4.78, 5) is 0. The van der Waals surface area contributed by atoms with Crippen molar-refractivity contribution in [3.05, 3.63) is 35.9 Å². The van der Waals surface area contributed by atoms with Gasteiger partial charge in [0.2, 0.25) is 0 Å². The summed E-state index contributed by atoms with van der Waals surface area (Å²) in [7, 11) is 0. The van der Waals surface area contributed by atoms with E-state index in [0.29, 0.717) is 24.0 Å². The number of hydrogen-bond donors (Lipinski definition) is 2. The van der Waals surface area contributed by atoms with Gasteiger partial charge in [0.15, 0.2) is 0 Å². The molecule has 0 bridgehead atoms. The molecule has 4 atom stereocenters. The first-order valence-electron chi connectivity index (χ1n) is 7.47. The van der Waals surface area contributed by atoms with Gasteiger partial charge in [0, 0.05) is 6.61 Å². The molecule has 0 radical (unpaired) electrons. The summed E-state index contributed by atoms with van der Waals surface area (Å²) in [6.45, 7) is 2.85. The molecule has 0 amide bonds. The lowest BCUT2D eigenvalue weighted by molar-refractivity contribution is 0.0128. The predicted molar refractivity (Wildman–Crippen MR) is 76.5 cm³/mol. The van der Waals surface area contributed by atoms with E-state index in [9.17, 15) is 0 Å². The van der Waals surface area contributed by atoms with Crippen molar-refractivity contribution in [2.75, 3.05) is 6.61 Å². The Hall–Kier alpha value is -0.900. The zero-order chi connectivity index (χ0) is 13.2. The van der Waals surface area contributed by atoms with Crippen LogP contribution in [0.5, 0.6) is 0 Å². The van der Waals surface area contributed by atoms with E-state index in [1.165, 1.54) is 24.8 Å². The van der Waals surface area contributed by atoms with Crippen molar-refractivity contribution in [2.24, 2.45) is 17.7 Å². The van der Waals surface area contributed by atoms with E-state index in [2.05, 4.69) is 42.7 Å². The normalized spacial score (nSPS) is 28.9. The Morgan fingerprint density at radius 3 is 2.63 bits per heavy atom. The van der Waals surface area contributed by atoms with E-state index in [0.717, 1.165) is 12.5 Å². The third-order valence-electron chi connectivity index (χ3n) is 4.52. The van der Waals surface area contributed by atoms with Crippen LogP contribution in [0.3, 0.4) is 0 Å². The van der Waals surface area contributed by atoms with Crippen molar-refractivity contribution >= 4 is 0 Å². The minimum Gasteiger partial charge on any atom is -0.377 e. The van der Waals surface area contributed by atoms with E-state index in [4.69, 9.17) is 10.6 Å². The van der Waals surface area contributed by atoms with Gasteiger partial charge in [0.25, 0.3) is 0 Å². The topological polar surface area (TPSA) is 47.3 Å². The maximum absolute atomic E-state index is 5.96. The van der Waals surface area contributed by atoms with Crippen LogP contribution >= 0.6 is 0 Å². The molecule has 2 aliphatic rings. The van der Waals surface area contributed by atoms with Crippen molar-refractivity contribution in [3.63, 3.8) is 0 Å². The fourth-order valence-electron chi connectivity index (χ4n) is 3.31. The SMILES string of the molecule is CCOC(C1CC1)C(NN)C1CC1c1ccccc1. The highest BCUT2D eigenvalue weighted by Crippen LogP contribution is 2.52. The first-order chi connectivity index (χ1) is 9.35. The molecule has 3 rings (SSSR count). The van der Waals surface area contributed by atoms with Crippen LogP contribution in [0.25, 0.3) is 0 Å². The van der Waals surface area contributed by atoms with Crippen molar-refractivity contribution in [2.45, 2.75) is 44.2 Å². The van der Waals surface area contributed by atoms with Crippen LogP contribution in [-0.2, 0) is 4.74 Å². The second-order valence-corrected chi connectivity index (χ2v) is 5.87. The van der Waals surface area contributed by atoms with E-state index in [1.54, 1.807) is 0 Å². The molecule has 2 saturated carbocycles. The molecule has 19 heavy (non-hydrogen) atoms. The zero-order valence-electron chi connectivity index (χ0n) is 11.6. The molecule has 3 heteroatoms. The summed E-state index contributed by atoms with van der Waals surface area (Å²) in [5, 5.41) is 0. The number of nitrogens with two attached hydrogens (primary N) is 1. The summed E-state index contributed by atoms with van der Waals surface area (Å²) in [6, 6.07) is 11.1. The van der Waals surface area contributed by atoms with Gasteiger partial charge in [-0.3, -0.25) is 11.3 Å². The third-order valence-corrected chi connectivity index (χ3v) is 4.52. The van der Waals surface area contributed by atoms with Gasteiger partial charge in [-0.2, -0.15) is 0 Å². The molecule has 0 aliphatic heterocycles. The number of nitrogens with one attached hydrogen (secondary N) is 1. The van der Waals surface area contributed by atoms with E-state index >= 15 is 0 Å². The van der Waals surface area contributed by atoms with Crippen LogP contribution < -0.4 is 11.3 Å². The Labute approximate surface area is 115 Å². The molecule has 0 aromatic heterocycles. The maximum atomic E-state index is 5.96. The monoisotopic (exact) mass is 260 g/mol. The second-order valence-electron chi connectivity index (χ2n) is 5.87. The summed E-state index contributed by atoms with van der Waals surface area (Å²) < 4.78 is 5.96. The van der Waals surface area contributed by atoms with Crippen molar-refractivity contribution in [1.29, 1.82) is 0 Å². The van der Waals surface area contributed by atoms with Crippen molar-refractivity contribution in [1.82, 2.24) is 5.43 Å². The largest absolute Gasteiger partial charge is 0.377 e. The Kier molecular flexibility index (Phi) is 3.87. The number of hydrazine groups is 1. The minimum absolute atomic E-state index is 0.300. The molecule has 0 spiro atoms. The summed E-state index contributed by atoms with van der Waals surface area (Å²) >= 11 is 0. The molecular formula is C16H24N2O. The highest BCUT2D eigenvalue weighted by molar-refractivity contribution is 5.27. The summed E-state index contributed by atoms with van der Waals surface area (Å²) in [5.74, 6) is 7.83. The first-order valence-corrected chi connectivity index (χ1v) is 7.47. The van der Waals surface area contributed by atoms with Crippen LogP contribution in [0.1, 0.15) is 37.7 Å². The number of benzene rings is 1. The van der Waals surface area contributed by atoms with Crippen molar-refractivity contribution in [3.8, 4) is 0 Å². The third kappa shape index (κ3) is 2.83. The number of rotatable bonds is 7.